The smallest absolute Gasteiger partial charge is 0.341 e. The second-order valence-electron chi connectivity index (χ2n) is 5.71. The molecule has 1 aromatic heterocycles. The van der Waals surface area contributed by atoms with Gasteiger partial charge in [0.1, 0.15) is 23.4 Å². The Morgan fingerprint density at radius 3 is 2.96 bits per heavy atom. The van der Waals surface area contributed by atoms with E-state index in [0.29, 0.717) is 37.0 Å². The molecule has 1 atom stereocenters. The van der Waals surface area contributed by atoms with Crippen molar-refractivity contribution in [3.05, 3.63) is 47.9 Å². The molecule has 0 spiro atoms. The van der Waals surface area contributed by atoms with Crippen molar-refractivity contribution in [2.75, 3.05) is 32.0 Å². The first-order chi connectivity index (χ1) is 12.1. The maximum Gasteiger partial charge on any atom is 0.341 e. The first kappa shape index (κ1) is 17.1. The van der Waals surface area contributed by atoms with Crippen LogP contribution in [0.4, 0.5) is 5.82 Å². The van der Waals surface area contributed by atoms with E-state index in [9.17, 15) is 4.79 Å². The average molecular weight is 344 g/mol. The molecule has 3 rings (SSSR count). The SMILES string of the molecule is Nc1nccnc1C1CN(Cc2ccccc2OCC(=O)O)CCO1. The van der Waals surface area contributed by atoms with Crippen molar-refractivity contribution < 1.29 is 19.4 Å². The maximum absolute atomic E-state index is 10.7. The van der Waals surface area contributed by atoms with Crippen molar-refractivity contribution >= 4 is 11.8 Å². The number of hydrogen-bond acceptors (Lipinski definition) is 7. The third-order valence-electron chi connectivity index (χ3n) is 3.93. The van der Waals surface area contributed by atoms with Crippen LogP contribution in [0.15, 0.2) is 36.7 Å². The standard InChI is InChI=1S/C17H20N4O4/c18-17-16(19-5-6-20-17)14-10-21(7-8-24-14)9-12-3-1-2-4-13(12)25-11-15(22)23/h1-6,14H,7-11H2,(H2,18,20)(H,22,23). The predicted molar refractivity (Wildman–Crippen MR) is 90.0 cm³/mol. The molecule has 1 aliphatic rings. The van der Waals surface area contributed by atoms with E-state index in [-0.39, 0.29) is 12.7 Å². The second-order valence-corrected chi connectivity index (χ2v) is 5.71. The van der Waals surface area contributed by atoms with Crippen molar-refractivity contribution in [2.24, 2.45) is 0 Å². The molecule has 2 heterocycles. The van der Waals surface area contributed by atoms with Crippen molar-refractivity contribution in [3.8, 4) is 5.75 Å². The Bertz CT molecular complexity index is 740. The molecule has 0 amide bonds. The molecule has 1 fully saturated rings. The summed E-state index contributed by atoms with van der Waals surface area (Å²) in [5.41, 5.74) is 7.46. The van der Waals surface area contributed by atoms with Crippen LogP contribution in [0, 0.1) is 0 Å². The summed E-state index contributed by atoms with van der Waals surface area (Å²) in [5, 5.41) is 8.80. The van der Waals surface area contributed by atoms with Gasteiger partial charge in [0.2, 0.25) is 0 Å². The molecule has 1 aliphatic heterocycles. The van der Waals surface area contributed by atoms with Crippen molar-refractivity contribution in [2.45, 2.75) is 12.6 Å². The van der Waals surface area contributed by atoms with E-state index < -0.39 is 5.97 Å². The van der Waals surface area contributed by atoms with Crippen LogP contribution in [0.3, 0.4) is 0 Å². The van der Waals surface area contributed by atoms with E-state index in [1.165, 1.54) is 0 Å². The number of carboxylic acid groups (broad SMARTS) is 1. The molecule has 0 saturated carbocycles. The number of aromatic nitrogens is 2. The van der Waals surface area contributed by atoms with Gasteiger partial charge in [-0.3, -0.25) is 9.88 Å². The Morgan fingerprint density at radius 2 is 2.16 bits per heavy atom. The van der Waals surface area contributed by atoms with Crippen LogP contribution in [0.1, 0.15) is 17.4 Å². The topological polar surface area (TPSA) is 111 Å². The van der Waals surface area contributed by atoms with Crippen molar-refractivity contribution in [1.82, 2.24) is 14.9 Å². The molecule has 1 aromatic carbocycles. The number of ether oxygens (including phenoxy) is 2. The molecule has 0 bridgehead atoms. The van der Waals surface area contributed by atoms with E-state index in [4.69, 9.17) is 20.3 Å². The van der Waals surface area contributed by atoms with Crippen LogP contribution in [-0.2, 0) is 16.1 Å². The lowest BCUT2D eigenvalue weighted by molar-refractivity contribution is -0.139. The molecule has 0 aliphatic carbocycles. The molecule has 8 nitrogen and oxygen atoms in total. The van der Waals surface area contributed by atoms with Crippen LogP contribution in [0.5, 0.6) is 5.75 Å². The third-order valence-corrected chi connectivity index (χ3v) is 3.93. The minimum atomic E-state index is -1.00. The van der Waals surface area contributed by atoms with E-state index in [1.807, 2.05) is 18.2 Å². The molecule has 8 heteroatoms. The Hall–Kier alpha value is -2.71. The van der Waals surface area contributed by atoms with Crippen molar-refractivity contribution in [1.29, 1.82) is 0 Å². The van der Waals surface area contributed by atoms with Crippen LogP contribution in [0.25, 0.3) is 0 Å². The van der Waals surface area contributed by atoms with Crippen LogP contribution in [-0.4, -0.2) is 52.2 Å². The van der Waals surface area contributed by atoms with E-state index in [2.05, 4.69) is 14.9 Å². The van der Waals surface area contributed by atoms with Gasteiger partial charge < -0.3 is 20.3 Å². The third kappa shape index (κ3) is 4.43. The number of nitrogens with two attached hydrogens (primary N) is 1. The predicted octanol–water partition coefficient (Wildman–Crippen LogP) is 1.10. The largest absolute Gasteiger partial charge is 0.482 e. The minimum absolute atomic E-state index is 0.241. The van der Waals surface area contributed by atoms with Gasteiger partial charge in [-0.1, -0.05) is 18.2 Å². The first-order valence-electron chi connectivity index (χ1n) is 7.96. The molecule has 2 aromatic rings. The zero-order valence-corrected chi connectivity index (χ0v) is 13.7. The Kier molecular flexibility index (Phi) is 5.42. The normalized spacial score (nSPS) is 18.0. The minimum Gasteiger partial charge on any atom is -0.482 e. The van der Waals surface area contributed by atoms with E-state index >= 15 is 0 Å². The van der Waals surface area contributed by atoms with Crippen LogP contribution in [0.2, 0.25) is 0 Å². The summed E-state index contributed by atoms with van der Waals surface area (Å²) >= 11 is 0. The molecule has 0 radical (unpaired) electrons. The molecule has 1 saturated heterocycles. The molecule has 3 N–H and O–H groups in total. The number of nitrogens with zero attached hydrogens (tertiary/aromatic N) is 3. The summed E-state index contributed by atoms with van der Waals surface area (Å²) in [4.78, 5) is 21.3. The summed E-state index contributed by atoms with van der Waals surface area (Å²) in [6.45, 7) is 2.19. The summed E-state index contributed by atoms with van der Waals surface area (Å²) in [5.74, 6) is -0.0501. The first-order valence-corrected chi connectivity index (χ1v) is 7.96. The Morgan fingerprint density at radius 1 is 1.36 bits per heavy atom. The van der Waals surface area contributed by atoms with Crippen LogP contribution < -0.4 is 10.5 Å². The second kappa shape index (κ2) is 7.91. The average Bonchev–Trinajstić information content (AvgIpc) is 2.61. The lowest BCUT2D eigenvalue weighted by Crippen LogP contribution is -2.38. The number of anilines is 1. The summed E-state index contributed by atoms with van der Waals surface area (Å²) in [7, 11) is 0. The summed E-state index contributed by atoms with van der Waals surface area (Å²) in [6, 6.07) is 7.43. The van der Waals surface area contributed by atoms with Gasteiger partial charge in [-0.2, -0.15) is 0 Å². The van der Waals surface area contributed by atoms with Gasteiger partial charge in [-0.05, 0) is 6.07 Å². The number of rotatable bonds is 6. The number of aliphatic carboxylic acids is 1. The van der Waals surface area contributed by atoms with Gasteiger partial charge >= 0.3 is 5.97 Å². The summed E-state index contributed by atoms with van der Waals surface area (Å²) < 4.78 is 11.2. The number of carbonyl (C=O) groups is 1. The lowest BCUT2D eigenvalue weighted by Gasteiger charge is -2.33. The molecule has 25 heavy (non-hydrogen) atoms. The number of carboxylic acids is 1. The number of hydrogen-bond donors (Lipinski definition) is 2. The Labute approximate surface area is 145 Å². The molecule has 1 unspecified atom stereocenters. The van der Waals surface area contributed by atoms with Gasteiger partial charge in [0.05, 0.1) is 6.61 Å². The highest BCUT2D eigenvalue weighted by Crippen LogP contribution is 2.26. The quantitative estimate of drug-likeness (QED) is 0.801. The van der Waals surface area contributed by atoms with Gasteiger partial charge in [0.25, 0.3) is 0 Å². The molecular weight excluding hydrogens is 324 g/mol. The summed E-state index contributed by atoms with van der Waals surface area (Å²) in [6.07, 6.45) is 2.91. The molecular formula is C17H20N4O4. The highest BCUT2D eigenvalue weighted by Gasteiger charge is 2.25. The Balaban J connectivity index is 1.69. The van der Waals surface area contributed by atoms with Crippen LogP contribution >= 0.6 is 0 Å². The van der Waals surface area contributed by atoms with Gasteiger partial charge in [0, 0.05) is 37.6 Å². The highest BCUT2D eigenvalue weighted by atomic mass is 16.5. The fourth-order valence-electron chi connectivity index (χ4n) is 2.77. The molecule has 132 valence electrons. The van der Waals surface area contributed by atoms with E-state index in [0.717, 1.165) is 12.1 Å². The van der Waals surface area contributed by atoms with Gasteiger partial charge in [-0.15, -0.1) is 0 Å². The number of para-hydroxylation sites is 1. The number of morpholine rings is 1. The highest BCUT2D eigenvalue weighted by molar-refractivity contribution is 5.68. The number of nitrogen functional groups attached to an aromatic ring is 1. The monoisotopic (exact) mass is 344 g/mol. The van der Waals surface area contributed by atoms with Gasteiger partial charge in [-0.25, -0.2) is 9.78 Å². The zero-order valence-electron chi connectivity index (χ0n) is 13.7. The maximum atomic E-state index is 10.7. The fourth-order valence-corrected chi connectivity index (χ4v) is 2.77. The van der Waals surface area contributed by atoms with Gasteiger partial charge in [0.15, 0.2) is 6.61 Å². The lowest BCUT2D eigenvalue weighted by atomic mass is 10.1. The van der Waals surface area contributed by atoms with E-state index in [1.54, 1.807) is 18.5 Å². The van der Waals surface area contributed by atoms with Crippen molar-refractivity contribution in [3.63, 3.8) is 0 Å². The fraction of sp³-hybridized carbons (Fsp3) is 0.353. The zero-order chi connectivity index (χ0) is 17.6. The number of benzene rings is 1.